The third kappa shape index (κ3) is 6.03. The molecular formula is C32H34F16O2. The number of aromatic hydroxyl groups is 2. The molecule has 0 heterocycles. The van der Waals surface area contributed by atoms with Crippen LogP contribution in [-0.2, 0) is 11.8 Å². The molecule has 286 valence electrons. The van der Waals surface area contributed by atoms with Gasteiger partial charge in [0, 0.05) is 11.1 Å². The predicted octanol–water partition coefficient (Wildman–Crippen LogP) is 12.3. The normalized spacial score (nSPS) is 14.9. The van der Waals surface area contributed by atoms with Crippen LogP contribution in [0.5, 0.6) is 11.5 Å². The quantitative estimate of drug-likeness (QED) is 0.200. The Hall–Kier alpha value is -3.08. The zero-order chi connectivity index (χ0) is 39.8. The zero-order valence-corrected chi connectivity index (χ0v) is 27.6. The highest BCUT2D eigenvalue weighted by molar-refractivity contribution is 5.50. The van der Waals surface area contributed by atoms with Gasteiger partial charge >= 0.3 is 47.4 Å². The fourth-order valence-corrected chi connectivity index (χ4v) is 5.03. The highest BCUT2D eigenvalue weighted by Gasteiger charge is 2.95. The molecule has 0 amide bonds. The molecule has 0 aliphatic heterocycles. The second kappa shape index (κ2) is 12.8. The van der Waals surface area contributed by atoms with Gasteiger partial charge in [0.2, 0.25) is 0 Å². The molecule has 0 aliphatic carbocycles. The van der Waals surface area contributed by atoms with Crippen LogP contribution >= 0.6 is 0 Å². The zero-order valence-electron chi connectivity index (χ0n) is 27.6. The van der Waals surface area contributed by atoms with E-state index in [4.69, 9.17) is 0 Å². The second-order valence-corrected chi connectivity index (χ2v) is 13.2. The van der Waals surface area contributed by atoms with Crippen LogP contribution in [0.1, 0.15) is 112 Å². The number of hydrogen-bond acceptors (Lipinski definition) is 2. The van der Waals surface area contributed by atoms with Crippen LogP contribution in [0.4, 0.5) is 70.2 Å². The van der Waals surface area contributed by atoms with E-state index in [9.17, 15) is 62.9 Å². The first-order valence-electron chi connectivity index (χ1n) is 14.8. The summed E-state index contributed by atoms with van der Waals surface area (Å²) in [6, 6.07) is -0.262. The lowest BCUT2D eigenvalue weighted by molar-refractivity contribution is -0.456. The third-order valence-electron chi connectivity index (χ3n) is 8.31. The maximum absolute atomic E-state index is 15.2. The number of phenols is 2. The van der Waals surface area contributed by atoms with Gasteiger partial charge in [0.25, 0.3) is 0 Å². The molecule has 0 saturated heterocycles. The summed E-state index contributed by atoms with van der Waals surface area (Å²) >= 11 is 0. The van der Waals surface area contributed by atoms with Crippen LogP contribution < -0.4 is 0 Å². The molecule has 2 nitrogen and oxygen atoms in total. The van der Waals surface area contributed by atoms with E-state index in [0.717, 1.165) is 0 Å². The minimum Gasteiger partial charge on any atom is -0.507 e. The van der Waals surface area contributed by atoms with Gasteiger partial charge in [-0.25, -0.2) is 0 Å². The van der Waals surface area contributed by atoms with Crippen molar-refractivity contribution in [1.82, 2.24) is 0 Å². The summed E-state index contributed by atoms with van der Waals surface area (Å²) in [6.45, 7) is 9.38. The van der Waals surface area contributed by atoms with Gasteiger partial charge in [-0.05, 0) is 70.2 Å². The van der Waals surface area contributed by atoms with Crippen LogP contribution in [-0.4, -0.2) is 45.7 Å². The van der Waals surface area contributed by atoms with E-state index in [0.29, 0.717) is 0 Å². The molecule has 2 N–H and O–H groups in total. The number of halogens is 16. The molecular weight excluding hydrogens is 720 g/mol. The number of rotatable bonds is 13. The van der Waals surface area contributed by atoms with Crippen LogP contribution in [0.3, 0.4) is 0 Å². The Balaban J connectivity index is 2.84. The largest absolute Gasteiger partial charge is 0.507 e. The molecule has 0 radical (unpaired) electrons. The third-order valence-corrected chi connectivity index (χ3v) is 8.31. The van der Waals surface area contributed by atoms with E-state index in [1.807, 2.05) is 0 Å². The molecule has 0 atom stereocenters. The molecule has 0 unspecified atom stereocenters. The molecule has 2 aromatic carbocycles. The van der Waals surface area contributed by atoms with Crippen molar-refractivity contribution in [3.8, 4) is 11.5 Å². The first-order chi connectivity index (χ1) is 22.0. The molecule has 0 spiro atoms. The minimum absolute atomic E-state index is 0.0655. The number of hydrogen-bond donors (Lipinski definition) is 2. The molecule has 0 aromatic heterocycles. The molecule has 0 fully saturated rings. The lowest BCUT2D eigenvalue weighted by Gasteiger charge is -2.44. The van der Waals surface area contributed by atoms with Crippen molar-refractivity contribution in [2.24, 2.45) is 0 Å². The molecule has 0 aliphatic rings. The summed E-state index contributed by atoms with van der Waals surface area (Å²) in [4.78, 5) is 0. The predicted molar refractivity (Wildman–Crippen MR) is 150 cm³/mol. The van der Waals surface area contributed by atoms with Gasteiger partial charge in [-0.2, -0.15) is 70.2 Å². The SMILES string of the molecule is CC(C)c1cc(C(F)(F)C(F)(F)C(F)(F)C(F)(F)C(F)(F)C(F)(F)C(F)(F)C(F)(F)c2cc(C(C)C)c(O)c(C(C)C)c2)cc(C(C)C)c1O. The smallest absolute Gasteiger partial charge is 0.385 e. The van der Waals surface area contributed by atoms with E-state index < -0.39 is 116 Å². The van der Waals surface area contributed by atoms with Crippen molar-refractivity contribution < 1.29 is 80.5 Å². The van der Waals surface area contributed by atoms with Crippen LogP contribution in [0.25, 0.3) is 0 Å². The first kappa shape index (κ1) is 43.1. The van der Waals surface area contributed by atoms with Gasteiger partial charge in [-0.15, -0.1) is 0 Å². The Bertz CT molecular complexity index is 1390. The van der Waals surface area contributed by atoms with Crippen LogP contribution in [0, 0.1) is 0 Å². The van der Waals surface area contributed by atoms with E-state index in [1.54, 1.807) is 0 Å². The monoisotopic (exact) mass is 754 g/mol. The van der Waals surface area contributed by atoms with E-state index in [2.05, 4.69) is 0 Å². The molecule has 0 saturated carbocycles. The summed E-state index contributed by atoms with van der Waals surface area (Å²) in [6.07, 6.45) is 0. The molecule has 0 bridgehead atoms. The van der Waals surface area contributed by atoms with Crippen LogP contribution in [0.15, 0.2) is 24.3 Å². The number of benzene rings is 2. The van der Waals surface area contributed by atoms with Crippen molar-refractivity contribution >= 4 is 0 Å². The van der Waals surface area contributed by atoms with Crippen molar-refractivity contribution in [3.05, 3.63) is 57.6 Å². The Kier molecular flexibility index (Phi) is 11.1. The average molecular weight is 755 g/mol. The van der Waals surface area contributed by atoms with Crippen molar-refractivity contribution in [3.63, 3.8) is 0 Å². The van der Waals surface area contributed by atoms with E-state index >= 15 is 17.6 Å². The molecule has 2 aromatic rings. The number of alkyl halides is 16. The van der Waals surface area contributed by atoms with Gasteiger partial charge in [0.15, 0.2) is 0 Å². The lowest BCUT2D eigenvalue weighted by atomic mass is 9.82. The summed E-state index contributed by atoms with van der Waals surface area (Å²) in [5.74, 6) is -68.7. The van der Waals surface area contributed by atoms with Gasteiger partial charge < -0.3 is 10.2 Å². The van der Waals surface area contributed by atoms with Crippen LogP contribution in [0.2, 0.25) is 0 Å². The molecule has 18 heteroatoms. The summed E-state index contributed by atoms with van der Waals surface area (Å²) in [5.41, 5.74) is -7.16. The summed E-state index contributed by atoms with van der Waals surface area (Å²) in [7, 11) is 0. The van der Waals surface area contributed by atoms with E-state index in [1.165, 1.54) is 55.4 Å². The highest BCUT2D eigenvalue weighted by atomic mass is 19.4. The Morgan fingerprint density at radius 1 is 0.340 bits per heavy atom. The van der Waals surface area contributed by atoms with E-state index in [-0.39, 0.29) is 24.3 Å². The van der Waals surface area contributed by atoms with Gasteiger partial charge in [-0.1, -0.05) is 55.4 Å². The Morgan fingerprint density at radius 2 is 0.500 bits per heavy atom. The van der Waals surface area contributed by atoms with Gasteiger partial charge in [-0.3, -0.25) is 0 Å². The Morgan fingerprint density at radius 3 is 0.660 bits per heavy atom. The van der Waals surface area contributed by atoms with Crippen molar-refractivity contribution in [2.75, 3.05) is 0 Å². The van der Waals surface area contributed by atoms with Crippen molar-refractivity contribution in [1.29, 1.82) is 0 Å². The first-order valence-corrected chi connectivity index (χ1v) is 14.8. The fraction of sp³-hybridized carbons (Fsp3) is 0.625. The summed E-state index contributed by atoms with van der Waals surface area (Å²) in [5, 5.41) is 20.6. The summed E-state index contributed by atoms with van der Waals surface area (Å²) < 4.78 is 239. The van der Waals surface area contributed by atoms with Crippen molar-refractivity contribution in [2.45, 2.75) is 126 Å². The molecule has 2 rings (SSSR count). The van der Waals surface area contributed by atoms with Gasteiger partial charge in [0.1, 0.15) is 11.5 Å². The second-order valence-electron chi connectivity index (χ2n) is 13.2. The maximum atomic E-state index is 15.2. The lowest BCUT2D eigenvalue weighted by Crippen LogP contribution is -2.74. The minimum atomic E-state index is -8.59. The fourth-order valence-electron chi connectivity index (χ4n) is 5.03. The standard InChI is InChI=1S/C32H34F16O2/c1-13(2)19-9-17(10-20(14(3)4)23(19)49)25(33,34)27(37,38)29(41,42)31(45,46)32(47,48)30(43,44)28(39,40)26(35,36)18-11-21(15(5)6)24(50)22(12-18)16(7)8/h9-16,49-50H,1-8H3. The topological polar surface area (TPSA) is 40.5 Å². The average Bonchev–Trinajstić information content (AvgIpc) is 2.95. The van der Waals surface area contributed by atoms with Gasteiger partial charge in [0.05, 0.1) is 0 Å². The maximum Gasteiger partial charge on any atom is 0.385 e. The molecule has 50 heavy (non-hydrogen) atoms. The highest BCUT2D eigenvalue weighted by Crippen LogP contribution is 2.66. The Labute approximate surface area is 276 Å². The number of phenolic OH excluding ortho intramolecular Hbond substituents is 2.